The molecule has 0 aromatic heterocycles. The summed E-state index contributed by atoms with van der Waals surface area (Å²) in [5.74, 6) is -0.828. The molecule has 2 aromatic carbocycles. The molecular formula is C29H32N2O5. The second kappa shape index (κ2) is 9.21. The number of hydrogen-bond acceptors (Lipinski definition) is 7. The van der Waals surface area contributed by atoms with E-state index in [2.05, 4.69) is 28.4 Å². The molecule has 1 spiro atoms. The highest BCUT2D eigenvalue weighted by atomic mass is 16.5. The number of carbonyl (C=O) groups is 3. The van der Waals surface area contributed by atoms with Gasteiger partial charge >= 0.3 is 11.9 Å². The Hall–Kier alpha value is -3.45. The van der Waals surface area contributed by atoms with Crippen LogP contribution in [0.4, 0.5) is 5.69 Å². The van der Waals surface area contributed by atoms with Crippen LogP contribution in [-0.4, -0.2) is 49.4 Å². The Kier molecular flexibility index (Phi) is 6.20. The number of esters is 2. The fourth-order valence-corrected chi connectivity index (χ4v) is 6.90. The Morgan fingerprint density at radius 2 is 1.75 bits per heavy atom. The zero-order valence-electron chi connectivity index (χ0n) is 21.0. The van der Waals surface area contributed by atoms with Crippen molar-refractivity contribution in [2.24, 2.45) is 5.41 Å². The third-order valence-electron chi connectivity index (χ3n) is 8.42. The molecule has 5 rings (SSSR count). The zero-order valence-corrected chi connectivity index (χ0v) is 21.0. The van der Waals surface area contributed by atoms with Crippen LogP contribution in [0.15, 0.2) is 65.9 Å². The van der Waals surface area contributed by atoms with Crippen LogP contribution in [-0.2, 0) is 35.8 Å². The maximum Gasteiger partial charge on any atom is 0.335 e. The highest BCUT2D eigenvalue weighted by Crippen LogP contribution is 2.63. The second-order valence-corrected chi connectivity index (χ2v) is 10.1. The van der Waals surface area contributed by atoms with Crippen molar-refractivity contribution < 1.29 is 23.9 Å². The number of anilines is 1. The van der Waals surface area contributed by atoms with Crippen molar-refractivity contribution in [3.63, 3.8) is 0 Å². The number of rotatable bonds is 7. The van der Waals surface area contributed by atoms with Crippen molar-refractivity contribution in [2.75, 3.05) is 26.1 Å². The van der Waals surface area contributed by atoms with Crippen LogP contribution in [0.1, 0.15) is 43.7 Å². The number of ketones is 1. The number of nitrogens with zero attached hydrogens (tertiary/aromatic N) is 1. The van der Waals surface area contributed by atoms with E-state index in [4.69, 9.17) is 9.47 Å². The van der Waals surface area contributed by atoms with Gasteiger partial charge in [-0.2, -0.15) is 0 Å². The van der Waals surface area contributed by atoms with Crippen LogP contribution in [0.5, 0.6) is 0 Å². The first-order valence-corrected chi connectivity index (χ1v) is 12.4. The quantitative estimate of drug-likeness (QED) is 0.590. The lowest BCUT2D eigenvalue weighted by Crippen LogP contribution is -2.60. The number of para-hydroxylation sites is 1. The van der Waals surface area contributed by atoms with Gasteiger partial charge < -0.3 is 14.8 Å². The number of hydrogen-bond donors (Lipinski definition) is 1. The summed E-state index contributed by atoms with van der Waals surface area (Å²) in [6, 6.07) is 18.1. The minimum absolute atomic E-state index is 0.0272. The van der Waals surface area contributed by atoms with Crippen LogP contribution < -0.4 is 5.32 Å². The number of methoxy groups -OCH3 is 2. The highest BCUT2D eigenvalue weighted by Gasteiger charge is 2.67. The fraction of sp³-hybridized carbons (Fsp3) is 0.414. The molecule has 0 saturated carbocycles. The summed E-state index contributed by atoms with van der Waals surface area (Å²) in [5, 5.41) is 3.55. The smallest absolute Gasteiger partial charge is 0.335 e. The van der Waals surface area contributed by atoms with Gasteiger partial charge in [0.15, 0.2) is 0 Å². The Morgan fingerprint density at radius 3 is 2.44 bits per heavy atom. The summed E-state index contributed by atoms with van der Waals surface area (Å²) in [6.45, 7) is 3.02. The molecule has 3 atom stereocenters. The van der Waals surface area contributed by atoms with Crippen LogP contribution in [0.3, 0.4) is 0 Å². The Balaban J connectivity index is 1.74. The van der Waals surface area contributed by atoms with E-state index >= 15 is 0 Å². The first-order chi connectivity index (χ1) is 17.4. The van der Waals surface area contributed by atoms with E-state index in [1.807, 2.05) is 36.4 Å². The van der Waals surface area contributed by atoms with Gasteiger partial charge in [-0.3, -0.25) is 14.5 Å². The third-order valence-corrected chi connectivity index (χ3v) is 8.42. The molecule has 2 heterocycles. The standard InChI is InChI=1S/C29H32N2O5/c1-19(32)28(14-13-24(33)35-2)17-21(26(34)36-3)25-29(22-11-7-8-12-23(22)30-25)15-16-31(27(28)29)18-20-9-5-4-6-10-20/h4-12,27,30H,13-18H2,1-3H3/t27-,28-,29-/m1/s1. The number of Topliss-reactive ketones (excluding diaryl/α,β-unsaturated/α-hetero) is 1. The van der Waals surface area contributed by atoms with Crippen molar-refractivity contribution in [3.8, 4) is 0 Å². The molecule has 1 saturated heterocycles. The summed E-state index contributed by atoms with van der Waals surface area (Å²) in [5.41, 5.74) is 2.97. The number of fused-ring (bicyclic) bond motifs is 1. The average Bonchev–Trinajstić information content (AvgIpc) is 3.45. The van der Waals surface area contributed by atoms with E-state index in [0.717, 1.165) is 35.5 Å². The highest BCUT2D eigenvalue weighted by molar-refractivity contribution is 5.96. The third kappa shape index (κ3) is 3.56. The number of nitrogens with one attached hydrogen (secondary N) is 1. The number of ether oxygens (including phenoxy) is 2. The van der Waals surface area contributed by atoms with Gasteiger partial charge in [-0.1, -0.05) is 48.5 Å². The molecule has 7 heteroatoms. The van der Waals surface area contributed by atoms with E-state index in [-0.39, 0.29) is 30.6 Å². The van der Waals surface area contributed by atoms with Gasteiger partial charge in [0.25, 0.3) is 0 Å². The van der Waals surface area contributed by atoms with Crippen molar-refractivity contribution in [2.45, 2.75) is 50.6 Å². The van der Waals surface area contributed by atoms with Gasteiger partial charge in [-0.25, -0.2) is 4.79 Å². The largest absolute Gasteiger partial charge is 0.469 e. The van der Waals surface area contributed by atoms with E-state index in [1.54, 1.807) is 6.92 Å². The van der Waals surface area contributed by atoms with Crippen molar-refractivity contribution >= 4 is 23.4 Å². The molecule has 1 N–H and O–H groups in total. The van der Waals surface area contributed by atoms with Gasteiger partial charge in [0.2, 0.25) is 0 Å². The molecule has 0 amide bonds. The molecule has 2 aliphatic heterocycles. The van der Waals surface area contributed by atoms with Crippen LogP contribution in [0.25, 0.3) is 0 Å². The Labute approximate surface area is 211 Å². The first kappa shape index (κ1) is 24.3. The van der Waals surface area contributed by atoms with E-state index in [9.17, 15) is 14.4 Å². The van der Waals surface area contributed by atoms with E-state index < -0.39 is 16.8 Å². The maximum atomic E-state index is 13.7. The Bertz CT molecular complexity index is 1240. The summed E-state index contributed by atoms with van der Waals surface area (Å²) >= 11 is 0. The number of carbonyl (C=O) groups excluding carboxylic acids is 3. The predicted octanol–water partition coefficient (Wildman–Crippen LogP) is 3.98. The molecule has 1 fully saturated rings. The average molecular weight is 489 g/mol. The number of benzene rings is 2. The monoisotopic (exact) mass is 488 g/mol. The normalized spacial score (nSPS) is 26.5. The minimum Gasteiger partial charge on any atom is -0.469 e. The van der Waals surface area contributed by atoms with E-state index in [0.29, 0.717) is 18.5 Å². The molecule has 3 aliphatic rings. The van der Waals surface area contributed by atoms with Gasteiger partial charge in [0.05, 0.1) is 30.6 Å². The molecule has 0 radical (unpaired) electrons. The lowest BCUT2D eigenvalue weighted by Gasteiger charge is -2.52. The Morgan fingerprint density at radius 1 is 1.03 bits per heavy atom. The van der Waals surface area contributed by atoms with Crippen molar-refractivity contribution in [3.05, 3.63) is 77.0 Å². The van der Waals surface area contributed by atoms with Crippen LogP contribution >= 0.6 is 0 Å². The SMILES string of the molecule is COC(=O)CC[C@]1(C(C)=O)CC(C(=O)OC)=C2Nc3ccccc3[C@]23CCN(Cc2ccccc2)[C@H]13. The lowest BCUT2D eigenvalue weighted by atomic mass is 9.54. The zero-order chi connectivity index (χ0) is 25.5. The molecule has 1 aliphatic carbocycles. The van der Waals surface area contributed by atoms with Gasteiger partial charge in [-0.15, -0.1) is 0 Å². The minimum atomic E-state index is -0.967. The van der Waals surface area contributed by atoms with Crippen molar-refractivity contribution in [1.29, 1.82) is 0 Å². The summed E-state index contributed by atoms with van der Waals surface area (Å²) in [6.07, 6.45) is 1.35. The predicted molar refractivity (Wildman–Crippen MR) is 135 cm³/mol. The summed E-state index contributed by atoms with van der Waals surface area (Å²) < 4.78 is 10.2. The van der Waals surface area contributed by atoms with Gasteiger partial charge in [-0.05, 0) is 43.4 Å². The second-order valence-electron chi connectivity index (χ2n) is 10.1. The molecule has 0 bridgehead atoms. The molecule has 0 unspecified atom stereocenters. The molecule has 36 heavy (non-hydrogen) atoms. The number of likely N-dealkylation sites (tertiary alicyclic amines) is 1. The fourth-order valence-electron chi connectivity index (χ4n) is 6.90. The van der Waals surface area contributed by atoms with Gasteiger partial charge in [0, 0.05) is 36.9 Å². The maximum absolute atomic E-state index is 13.7. The van der Waals surface area contributed by atoms with E-state index in [1.165, 1.54) is 14.2 Å². The van der Waals surface area contributed by atoms with Crippen LogP contribution in [0.2, 0.25) is 0 Å². The molecule has 188 valence electrons. The first-order valence-electron chi connectivity index (χ1n) is 12.4. The van der Waals surface area contributed by atoms with Crippen LogP contribution in [0, 0.1) is 5.41 Å². The summed E-state index contributed by atoms with van der Waals surface area (Å²) in [7, 11) is 2.73. The topological polar surface area (TPSA) is 84.9 Å². The molecular weight excluding hydrogens is 456 g/mol. The summed E-state index contributed by atoms with van der Waals surface area (Å²) in [4.78, 5) is 41.6. The molecule has 2 aromatic rings. The van der Waals surface area contributed by atoms with Crippen molar-refractivity contribution in [1.82, 2.24) is 4.90 Å². The van der Waals surface area contributed by atoms with Gasteiger partial charge in [0.1, 0.15) is 5.78 Å². The lowest BCUT2D eigenvalue weighted by molar-refractivity contribution is -0.143. The molecule has 7 nitrogen and oxygen atoms in total.